The second-order valence-electron chi connectivity index (χ2n) is 5.03. The van der Waals surface area contributed by atoms with E-state index < -0.39 is 0 Å². The largest absolute Gasteiger partial charge is 0.377 e. The molecule has 0 spiro atoms. The van der Waals surface area contributed by atoms with Crippen LogP contribution in [0.5, 0.6) is 0 Å². The van der Waals surface area contributed by atoms with Crippen LogP contribution in [-0.4, -0.2) is 29.0 Å². The summed E-state index contributed by atoms with van der Waals surface area (Å²) in [5, 5.41) is 8.65. The van der Waals surface area contributed by atoms with Crippen LogP contribution in [0, 0.1) is 0 Å². The van der Waals surface area contributed by atoms with Gasteiger partial charge in [0, 0.05) is 27.2 Å². The molecule has 1 aromatic rings. The Bertz CT molecular complexity index is 407. The molecule has 2 rings (SSSR count). The van der Waals surface area contributed by atoms with Gasteiger partial charge in [0.05, 0.1) is 22.0 Å². The van der Waals surface area contributed by atoms with Gasteiger partial charge in [0.25, 0.3) is 0 Å². The summed E-state index contributed by atoms with van der Waals surface area (Å²) in [6.45, 7) is 3.69. The molecule has 1 saturated carbocycles. The molecule has 5 heteroatoms. The minimum atomic E-state index is 0.0542. The molecule has 0 aliphatic heterocycles. The van der Waals surface area contributed by atoms with E-state index in [1.807, 2.05) is 11.7 Å². The standard InChI is InChI=1S/C13H22ClN3O/c1-4-10-12(14)11(17(2)16-10)8-15-9-13(18-3)6-5-7-13/h15H,4-9H2,1-3H3. The number of hydrogen-bond donors (Lipinski definition) is 1. The first-order valence-electron chi connectivity index (χ1n) is 6.58. The average Bonchev–Trinajstić information content (AvgIpc) is 2.59. The van der Waals surface area contributed by atoms with Gasteiger partial charge in [-0.15, -0.1) is 0 Å². The third kappa shape index (κ3) is 2.56. The number of ether oxygens (including phenoxy) is 1. The van der Waals surface area contributed by atoms with Crippen LogP contribution in [0.1, 0.15) is 37.6 Å². The number of aryl methyl sites for hydroxylation is 2. The lowest BCUT2D eigenvalue weighted by atomic mass is 9.80. The summed E-state index contributed by atoms with van der Waals surface area (Å²) in [5.74, 6) is 0. The van der Waals surface area contributed by atoms with Crippen molar-refractivity contribution in [1.29, 1.82) is 0 Å². The van der Waals surface area contributed by atoms with E-state index in [9.17, 15) is 0 Å². The SMILES string of the molecule is CCc1nn(C)c(CNCC2(OC)CCC2)c1Cl. The Labute approximate surface area is 114 Å². The van der Waals surface area contributed by atoms with E-state index in [0.29, 0.717) is 0 Å². The molecule has 102 valence electrons. The van der Waals surface area contributed by atoms with E-state index >= 15 is 0 Å². The Morgan fingerprint density at radius 3 is 2.67 bits per heavy atom. The second-order valence-corrected chi connectivity index (χ2v) is 5.41. The lowest BCUT2D eigenvalue weighted by Crippen LogP contribution is -2.47. The number of aromatic nitrogens is 2. The van der Waals surface area contributed by atoms with Crippen LogP contribution < -0.4 is 5.32 Å². The molecule has 0 radical (unpaired) electrons. The number of hydrogen-bond acceptors (Lipinski definition) is 3. The summed E-state index contributed by atoms with van der Waals surface area (Å²) >= 11 is 6.31. The van der Waals surface area contributed by atoms with E-state index in [0.717, 1.165) is 48.8 Å². The molecule has 0 unspecified atom stereocenters. The lowest BCUT2D eigenvalue weighted by Gasteiger charge is -2.40. The molecule has 0 aromatic carbocycles. The van der Waals surface area contributed by atoms with Crippen molar-refractivity contribution in [3.05, 3.63) is 16.4 Å². The average molecular weight is 272 g/mol. The van der Waals surface area contributed by atoms with E-state index in [-0.39, 0.29) is 5.60 Å². The highest BCUT2D eigenvalue weighted by molar-refractivity contribution is 6.31. The number of nitrogens with zero attached hydrogens (tertiary/aromatic N) is 2. The van der Waals surface area contributed by atoms with Crippen LogP contribution in [0.25, 0.3) is 0 Å². The summed E-state index contributed by atoms with van der Waals surface area (Å²) < 4.78 is 7.45. The Kier molecular flexibility index (Phi) is 4.30. The molecule has 1 N–H and O–H groups in total. The van der Waals surface area contributed by atoms with Gasteiger partial charge in [-0.1, -0.05) is 18.5 Å². The van der Waals surface area contributed by atoms with Gasteiger partial charge in [0.1, 0.15) is 0 Å². The van der Waals surface area contributed by atoms with E-state index in [2.05, 4.69) is 17.3 Å². The topological polar surface area (TPSA) is 39.1 Å². The van der Waals surface area contributed by atoms with Gasteiger partial charge in [-0.2, -0.15) is 5.10 Å². The van der Waals surface area contributed by atoms with Crippen molar-refractivity contribution in [3.8, 4) is 0 Å². The van der Waals surface area contributed by atoms with Gasteiger partial charge in [-0.25, -0.2) is 0 Å². The molecular weight excluding hydrogens is 250 g/mol. The second kappa shape index (κ2) is 5.59. The number of nitrogens with one attached hydrogen (secondary N) is 1. The molecule has 0 saturated heterocycles. The molecule has 0 amide bonds. The van der Waals surface area contributed by atoms with Gasteiger partial charge >= 0.3 is 0 Å². The Balaban J connectivity index is 1.92. The monoisotopic (exact) mass is 271 g/mol. The molecule has 0 bridgehead atoms. The van der Waals surface area contributed by atoms with E-state index in [4.69, 9.17) is 16.3 Å². The fourth-order valence-electron chi connectivity index (χ4n) is 2.44. The zero-order chi connectivity index (χ0) is 13.2. The molecule has 0 atom stereocenters. The predicted octanol–water partition coefficient (Wildman–Crippen LogP) is 2.29. The zero-order valence-electron chi connectivity index (χ0n) is 11.4. The summed E-state index contributed by atoms with van der Waals surface area (Å²) in [5.41, 5.74) is 2.08. The van der Waals surface area contributed by atoms with Gasteiger partial charge < -0.3 is 10.1 Å². The number of halogens is 1. The smallest absolute Gasteiger partial charge is 0.0863 e. The zero-order valence-corrected chi connectivity index (χ0v) is 12.2. The molecule has 4 nitrogen and oxygen atoms in total. The van der Waals surface area contributed by atoms with Crippen molar-refractivity contribution in [3.63, 3.8) is 0 Å². The molecule has 1 aliphatic rings. The molecular formula is C13H22ClN3O. The highest BCUT2D eigenvalue weighted by Crippen LogP contribution is 2.34. The normalized spacial score (nSPS) is 17.8. The lowest BCUT2D eigenvalue weighted by molar-refractivity contribution is -0.0696. The van der Waals surface area contributed by atoms with Crippen LogP contribution in [-0.2, 0) is 24.8 Å². The van der Waals surface area contributed by atoms with Gasteiger partial charge in [0.15, 0.2) is 0 Å². The third-order valence-corrected chi connectivity index (χ3v) is 4.38. The fourth-order valence-corrected chi connectivity index (χ4v) is 2.81. The molecule has 1 aromatic heterocycles. The summed E-state index contributed by atoms with van der Waals surface area (Å²) in [7, 11) is 3.74. The molecule has 1 aliphatic carbocycles. The molecule has 1 fully saturated rings. The maximum Gasteiger partial charge on any atom is 0.0863 e. The van der Waals surface area contributed by atoms with E-state index in [1.54, 1.807) is 7.11 Å². The van der Waals surface area contributed by atoms with Gasteiger partial charge in [0.2, 0.25) is 0 Å². The predicted molar refractivity (Wildman–Crippen MR) is 72.9 cm³/mol. The first-order valence-corrected chi connectivity index (χ1v) is 6.96. The maximum absolute atomic E-state index is 6.31. The van der Waals surface area contributed by atoms with Crippen LogP contribution in [0.3, 0.4) is 0 Å². The van der Waals surface area contributed by atoms with Crippen LogP contribution >= 0.6 is 11.6 Å². The Hall–Kier alpha value is -0.580. The summed E-state index contributed by atoms with van der Waals surface area (Å²) in [4.78, 5) is 0. The quantitative estimate of drug-likeness (QED) is 0.863. The fraction of sp³-hybridized carbons (Fsp3) is 0.769. The van der Waals surface area contributed by atoms with Crippen molar-refractivity contribution in [2.45, 2.75) is 44.8 Å². The van der Waals surface area contributed by atoms with Crippen LogP contribution in [0.15, 0.2) is 0 Å². The first kappa shape index (κ1) is 13.8. The molecule has 1 heterocycles. The van der Waals surface area contributed by atoms with Gasteiger partial charge in [-0.3, -0.25) is 4.68 Å². The summed E-state index contributed by atoms with van der Waals surface area (Å²) in [6, 6.07) is 0. The molecule has 18 heavy (non-hydrogen) atoms. The Morgan fingerprint density at radius 1 is 1.50 bits per heavy atom. The van der Waals surface area contributed by atoms with Crippen LogP contribution in [0.2, 0.25) is 5.02 Å². The highest BCUT2D eigenvalue weighted by Gasteiger charge is 2.36. The van der Waals surface area contributed by atoms with E-state index in [1.165, 1.54) is 6.42 Å². The Morgan fingerprint density at radius 2 is 2.22 bits per heavy atom. The van der Waals surface area contributed by atoms with Crippen molar-refractivity contribution in [2.75, 3.05) is 13.7 Å². The van der Waals surface area contributed by atoms with Crippen LogP contribution in [0.4, 0.5) is 0 Å². The van der Waals surface area contributed by atoms with Crippen molar-refractivity contribution in [1.82, 2.24) is 15.1 Å². The van der Waals surface area contributed by atoms with Gasteiger partial charge in [-0.05, 0) is 25.7 Å². The highest BCUT2D eigenvalue weighted by atomic mass is 35.5. The van der Waals surface area contributed by atoms with Crippen molar-refractivity contribution < 1.29 is 4.74 Å². The van der Waals surface area contributed by atoms with Crippen molar-refractivity contribution >= 4 is 11.6 Å². The number of rotatable bonds is 6. The minimum Gasteiger partial charge on any atom is -0.377 e. The third-order valence-electron chi connectivity index (χ3n) is 3.94. The number of methoxy groups -OCH3 is 1. The summed E-state index contributed by atoms with van der Waals surface area (Å²) in [6.07, 6.45) is 4.43. The maximum atomic E-state index is 6.31. The van der Waals surface area contributed by atoms with Crippen molar-refractivity contribution in [2.24, 2.45) is 7.05 Å². The first-order chi connectivity index (χ1) is 8.62. The minimum absolute atomic E-state index is 0.0542.